The summed E-state index contributed by atoms with van der Waals surface area (Å²) in [5, 5.41) is 2.90. The zero-order chi connectivity index (χ0) is 20.5. The third-order valence-electron chi connectivity index (χ3n) is 4.38. The van der Waals surface area contributed by atoms with Crippen molar-refractivity contribution >= 4 is 22.6 Å². The van der Waals surface area contributed by atoms with Crippen molar-refractivity contribution in [1.82, 2.24) is 9.97 Å². The molecule has 0 fully saturated rings. The molecule has 0 spiro atoms. The summed E-state index contributed by atoms with van der Waals surface area (Å²) in [5.74, 6) is 1.90. The first-order valence-electron chi connectivity index (χ1n) is 8.88. The van der Waals surface area contributed by atoms with Gasteiger partial charge in [0.25, 0.3) is 5.91 Å². The lowest BCUT2D eigenvalue weighted by atomic mass is 9.96. The lowest BCUT2D eigenvalue weighted by Crippen LogP contribution is -2.13. The van der Waals surface area contributed by atoms with Crippen LogP contribution in [0.2, 0.25) is 0 Å². The van der Waals surface area contributed by atoms with E-state index in [2.05, 4.69) is 36.1 Å². The van der Waals surface area contributed by atoms with Gasteiger partial charge in [0, 0.05) is 16.7 Å². The van der Waals surface area contributed by atoms with Gasteiger partial charge in [-0.3, -0.25) is 4.79 Å². The van der Waals surface area contributed by atoms with E-state index in [-0.39, 0.29) is 11.3 Å². The Balaban J connectivity index is 1.90. The summed E-state index contributed by atoms with van der Waals surface area (Å²) in [6.45, 7) is 6.29. The van der Waals surface area contributed by atoms with Crippen LogP contribution < -0.4 is 19.5 Å². The number of aromatic nitrogens is 2. The van der Waals surface area contributed by atoms with E-state index in [1.54, 1.807) is 12.1 Å². The molecule has 1 amide bonds. The van der Waals surface area contributed by atoms with Gasteiger partial charge in [0.1, 0.15) is 5.82 Å². The SMILES string of the molecule is COc1cc(C(=O)Nc2ccc3nc(C(C)(C)C)[nH]c3c2)cc(OC)c1OC. The molecule has 2 N–H and O–H groups in total. The average Bonchev–Trinajstić information content (AvgIpc) is 3.10. The average molecular weight is 383 g/mol. The molecule has 28 heavy (non-hydrogen) atoms. The number of aromatic amines is 1. The number of rotatable bonds is 5. The number of hydrogen-bond acceptors (Lipinski definition) is 5. The number of imidazole rings is 1. The van der Waals surface area contributed by atoms with Crippen molar-refractivity contribution < 1.29 is 19.0 Å². The van der Waals surface area contributed by atoms with Gasteiger partial charge in [-0.05, 0) is 30.3 Å². The maximum atomic E-state index is 12.8. The van der Waals surface area contributed by atoms with E-state index >= 15 is 0 Å². The molecule has 0 atom stereocenters. The summed E-state index contributed by atoms with van der Waals surface area (Å²) in [7, 11) is 4.54. The Morgan fingerprint density at radius 2 is 1.64 bits per heavy atom. The monoisotopic (exact) mass is 383 g/mol. The number of methoxy groups -OCH3 is 3. The van der Waals surface area contributed by atoms with E-state index in [0.717, 1.165) is 16.9 Å². The highest BCUT2D eigenvalue weighted by Gasteiger charge is 2.19. The predicted molar refractivity (Wildman–Crippen MR) is 109 cm³/mol. The van der Waals surface area contributed by atoms with Crippen molar-refractivity contribution in [3.63, 3.8) is 0 Å². The smallest absolute Gasteiger partial charge is 0.255 e. The quantitative estimate of drug-likeness (QED) is 0.692. The molecule has 7 nitrogen and oxygen atoms in total. The molecular formula is C21H25N3O4. The number of nitrogens with one attached hydrogen (secondary N) is 2. The Labute approximate surface area is 164 Å². The summed E-state index contributed by atoms with van der Waals surface area (Å²) in [4.78, 5) is 20.7. The van der Waals surface area contributed by atoms with Crippen molar-refractivity contribution in [2.24, 2.45) is 0 Å². The van der Waals surface area contributed by atoms with Crippen LogP contribution in [0.15, 0.2) is 30.3 Å². The lowest BCUT2D eigenvalue weighted by Gasteiger charge is -2.14. The number of benzene rings is 2. The van der Waals surface area contributed by atoms with Crippen LogP contribution in [0.3, 0.4) is 0 Å². The summed E-state index contributed by atoms with van der Waals surface area (Å²) < 4.78 is 15.9. The molecule has 148 valence electrons. The van der Waals surface area contributed by atoms with Gasteiger partial charge < -0.3 is 24.5 Å². The third-order valence-corrected chi connectivity index (χ3v) is 4.38. The van der Waals surface area contributed by atoms with Crippen LogP contribution in [0.5, 0.6) is 17.2 Å². The molecule has 0 saturated heterocycles. The van der Waals surface area contributed by atoms with Crippen molar-refractivity contribution in [2.45, 2.75) is 26.2 Å². The van der Waals surface area contributed by atoms with Gasteiger partial charge in [0.2, 0.25) is 5.75 Å². The fraction of sp³-hybridized carbons (Fsp3) is 0.333. The predicted octanol–water partition coefficient (Wildman–Crippen LogP) is 4.14. The van der Waals surface area contributed by atoms with Crippen LogP contribution in [0.4, 0.5) is 5.69 Å². The number of anilines is 1. The summed E-state index contributed by atoms with van der Waals surface area (Å²) in [5.41, 5.74) is 2.70. The molecule has 3 rings (SSSR count). The second-order valence-corrected chi connectivity index (χ2v) is 7.44. The maximum absolute atomic E-state index is 12.8. The first-order valence-corrected chi connectivity index (χ1v) is 8.88. The van der Waals surface area contributed by atoms with Crippen LogP contribution in [0.25, 0.3) is 11.0 Å². The topological polar surface area (TPSA) is 85.5 Å². The maximum Gasteiger partial charge on any atom is 0.255 e. The minimum atomic E-state index is -0.283. The van der Waals surface area contributed by atoms with Crippen LogP contribution >= 0.6 is 0 Å². The van der Waals surface area contributed by atoms with E-state index in [1.807, 2.05) is 18.2 Å². The van der Waals surface area contributed by atoms with Crippen LogP contribution in [0.1, 0.15) is 37.0 Å². The number of carbonyl (C=O) groups is 1. The van der Waals surface area contributed by atoms with E-state index in [1.165, 1.54) is 21.3 Å². The van der Waals surface area contributed by atoms with Crippen molar-refractivity contribution in [3.8, 4) is 17.2 Å². The van der Waals surface area contributed by atoms with E-state index in [0.29, 0.717) is 28.5 Å². The molecule has 1 aromatic heterocycles. The fourth-order valence-corrected chi connectivity index (χ4v) is 2.86. The van der Waals surface area contributed by atoms with Gasteiger partial charge >= 0.3 is 0 Å². The Hall–Kier alpha value is -3.22. The molecule has 0 aliphatic rings. The van der Waals surface area contributed by atoms with E-state index < -0.39 is 0 Å². The van der Waals surface area contributed by atoms with E-state index in [9.17, 15) is 4.79 Å². The zero-order valence-electron chi connectivity index (χ0n) is 17.0. The second-order valence-electron chi connectivity index (χ2n) is 7.44. The van der Waals surface area contributed by atoms with Crippen LogP contribution in [-0.2, 0) is 5.41 Å². The number of carbonyl (C=O) groups excluding carboxylic acids is 1. The van der Waals surface area contributed by atoms with Gasteiger partial charge in [0.05, 0.1) is 32.4 Å². The molecule has 0 radical (unpaired) electrons. The molecule has 0 unspecified atom stereocenters. The molecule has 3 aromatic rings. The Kier molecular flexibility index (Phi) is 5.18. The summed E-state index contributed by atoms with van der Waals surface area (Å²) in [6.07, 6.45) is 0. The normalized spacial score (nSPS) is 11.4. The van der Waals surface area contributed by atoms with Crippen LogP contribution in [-0.4, -0.2) is 37.2 Å². The highest BCUT2D eigenvalue weighted by atomic mass is 16.5. The number of H-pyrrole nitrogens is 1. The van der Waals surface area contributed by atoms with Gasteiger partial charge in [0.15, 0.2) is 11.5 Å². The van der Waals surface area contributed by atoms with Crippen LogP contribution in [0, 0.1) is 0 Å². The third kappa shape index (κ3) is 3.74. The molecule has 2 aromatic carbocycles. The lowest BCUT2D eigenvalue weighted by molar-refractivity contribution is 0.102. The number of ether oxygens (including phenoxy) is 3. The fourth-order valence-electron chi connectivity index (χ4n) is 2.86. The Bertz CT molecular complexity index is 993. The standard InChI is InChI=1S/C21H25N3O4/c1-21(2,3)20-23-14-8-7-13(11-15(14)24-20)22-19(25)12-9-16(26-4)18(28-6)17(10-12)27-5/h7-11H,1-6H3,(H,22,25)(H,23,24). The molecule has 0 bridgehead atoms. The minimum Gasteiger partial charge on any atom is -0.493 e. The van der Waals surface area contributed by atoms with Crippen molar-refractivity contribution in [3.05, 3.63) is 41.7 Å². The highest BCUT2D eigenvalue weighted by molar-refractivity contribution is 6.05. The van der Waals surface area contributed by atoms with Gasteiger partial charge in [-0.25, -0.2) is 4.98 Å². The number of hydrogen-bond donors (Lipinski definition) is 2. The molecule has 0 aliphatic heterocycles. The van der Waals surface area contributed by atoms with Gasteiger partial charge in [-0.2, -0.15) is 0 Å². The summed E-state index contributed by atoms with van der Waals surface area (Å²) in [6, 6.07) is 8.80. The zero-order valence-corrected chi connectivity index (χ0v) is 17.0. The molecule has 0 saturated carbocycles. The summed E-state index contributed by atoms with van der Waals surface area (Å²) >= 11 is 0. The molecule has 7 heteroatoms. The molecular weight excluding hydrogens is 358 g/mol. The first kappa shape index (κ1) is 19.5. The van der Waals surface area contributed by atoms with Gasteiger partial charge in [-0.15, -0.1) is 0 Å². The Morgan fingerprint density at radius 1 is 1.00 bits per heavy atom. The largest absolute Gasteiger partial charge is 0.493 e. The van der Waals surface area contributed by atoms with Gasteiger partial charge in [-0.1, -0.05) is 20.8 Å². The minimum absolute atomic E-state index is 0.0847. The van der Waals surface area contributed by atoms with Crippen molar-refractivity contribution in [1.29, 1.82) is 0 Å². The Morgan fingerprint density at radius 3 is 2.18 bits per heavy atom. The highest BCUT2D eigenvalue weighted by Crippen LogP contribution is 2.38. The number of nitrogens with zero attached hydrogens (tertiary/aromatic N) is 1. The first-order chi connectivity index (χ1) is 13.3. The number of fused-ring (bicyclic) bond motifs is 1. The number of amides is 1. The van der Waals surface area contributed by atoms with Crippen molar-refractivity contribution in [2.75, 3.05) is 26.6 Å². The second kappa shape index (κ2) is 7.42. The molecule has 1 heterocycles. The molecule has 0 aliphatic carbocycles. The van der Waals surface area contributed by atoms with E-state index in [4.69, 9.17) is 14.2 Å².